The molecule has 2 aliphatic rings. The Labute approximate surface area is 254 Å². The van der Waals surface area contributed by atoms with Crippen LogP contribution in [-0.4, -0.2) is 46.2 Å². The van der Waals surface area contributed by atoms with E-state index in [1.165, 1.54) is 14.2 Å². The molecule has 1 aliphatic carbocycles. The average Bonchev–Trinajstić information content (AvgIpc) is 3.56. The van der Waals surface area contributed by atoms with Crippen molar-refractivity contribution in [3.8, 4) is 28.7 Å². The van der Waals surface area contributed by atoms with Gasteiger partial charge in [0.2, 0.25) is 6.79 Å². The van der Waals surface area contributed by atoms with E-state index in [2.05, 4.69) is 0 Å². The molecule has 40 heavy (non-hydrogen) atoms. The molecule has 0 aromatic heterocycles. The van der Waals surface area contributed by atoms with Gasteiger partial charge in [-0.2, -0.15) is 0 Å². The van der Waals surface area contributed by atoms with Crippen molar-refractivity contribution in [1.82, 2.24) is 0 Å². The van der Waals surface area contributed by atoms with Crippen LogP contribution in [0.15, 0.2) is 54.6 Å². The summed E-state index contributed by atoms with van der Waals surface area (Å²) in [5.74, 6) is -1.42. The van der Waals surface area contributed by atoms with Gasteiger partial charge in [0.05, 0.1) is 20.8 Å². The van der Waals surface area contributed by atoms with Crippen LogP contribution in [0.4, 0.5) is 0 Å². The Bertz CT molecular complexity index is 1390. The molecule has 3 aromatic carbocycles. The molecule has 0 radical (unpaired) electrons. The zero-order valence-corrected chi connectivity index (χ0v) is 24.9. The molecule has 0 unspecified atom stereocenters. The maximum atomic E-state index is 12.9. The van der Waals surface area contributed by atoms with Crippen molar-refractivity contribution in [2.45, 2.75) is 25.2 Å². The maximum Gasteiger partial charge on any atom is 1.00 e. The van der Waals surface area contributed by atoms with Crippen molar-refractivity contribution in [3.63, 3.8) is 0 Å². The molecule has 0 amide bonds. The first-order valence-electron chi connectivity index (χ1n) is 12.7. The summed E-state index contributed by atoms with van der Waals surface area (Å²) >= 11 is 0. The number of ether oxygens (including phenoxy) is 6. The Kier molecular flexibility index (Phi) is 9.50. The maximum absolute atomic E-state index is 12.9. The predicted molar refractivity (Wildman–Crippen MR) is 137 cm³/mol. The summed E-state index contributed by atoms with van der Waals surface area (Å²) in [4.78, 5) is 24.8. The summed E-state index contributed by atoms with van der Waals surface area (Å²) in [5.41, 5.74) is 2.93. The normalized spacial score (nSPS) is 18.3. The van der Waals surface area contributed by atoms with Gasteiger partial charge in [0.1, 0.15) is 17.2 Å². The fourth-order valence-corrected chi connectivity index (χ4v) is 5.34. The molecule has 1 heterocycles. The topological polar surface area (TPSA) is 113 Å². The first-order valence-corrected chi connectivity index (χ1v) is 12.7. The van der Waals surface area contributed by atoms with Gasteiger partial charge >= 0.3 is 35.5 Å². The van der Waals surface area contributed by atoms with Gasteiger partial charge in [-0.3, -0.25) is 0 Å². The molecule has 3 atom stereocenters. The van der Waals surface area contributed by atoms with Crippen LogP contribution in [-0.2, 0) is 14.3 Å². The molecular weight excluding hydrogens is 527 g/mol. The third-order valence-electron chi connectivity index (χ3n) is 7.08. The van der Waals surface area contributed by atoms with Crippen LogP contribution in [0.25, 0.3) is 0 Å². The number of hydrogen-bond acceptors (Lipinski definition) is 9. The third kappa shape index (κ3) is 5.73. The van der Waals surface area contributed by atoms with Crippen molar-refractivity contribution in [2.24, 2.45) is 5.92 Å². The molecule has 0 N–H and O–H groups in total. The molecule has 3 aromatic rings. The number of carboxylic acids is 1. The van der Waals surface area contributed by atoms with Crippen LogP contribution >= 0.6 is 0 Å². The standard InChI is InChI=1S/C30H30O9.Na/c1-4-11-36-19-7-8-20-22(13-19)28(21-9-6-18(34-2)14-24(21)37-15-26(31)35-3)29(30(32)33)27(20)17-5-10-23-25(12-17)39-16-38-23;/h5-10,12-14,27-29H,4,11,15-16H2,1-3H3,(H,32,33);/q;+1/p-1/t27-,28+,29+;/m0./s1. The van der Waals surface area contributed by atoms with E-state index >= 15 is 0 Å². The fraction of sp³-hybridized carbons (Fsp3) is 0.333. The first-order chi connectivity index (χ1) is 18.9. The van der Waals surface area contributed by atoms with Crippen molar-refractivity contribution in [1.29, 1.82) is 0 Å². The summed E-state index contributed by atoms with van der Waals surface area (Å²) in [7, 11) is 2.78. The Morgan fingerprint density at radius 2 is 1.62 bits per heavy atom. The molecule has 204 valence electrons. The SMILES string of the molecule is CCCOc1ccc2c(c1)[C@@H](c1ccc(OC)cc1OCC(=O)OC)[C@H](C(=O)[O-])[C@H]2c1ccc2c(c1)OCO2.[Na+]. The second kappa shape index (κ2) is 12.8. The number of benzene rings is 3. The van der Waals surface area contributed by atoms with Crippen molar-refractivity contribution >= 4 is 11.9 Å². The van der Waals surface area contributed by atoms with Crippen molar-refractivity contribution < 1.29 is 72.7 Å². The second-order valence-electron chi connectivity index (χ2n) is 9.32. The molecule has 0 spiro atoms. The molecule has 0 bridgehead atoms. The molecule has 10 heteroatoms. The monoisotopic (exact) mass is 556 g/mol. The van der Waals surface area contributed by atoms with Crippen LogP contribution in [0.1, 0.15) is 47.4 Å². The van der Waals surface area contributed by atoms with E-state index in [1.807, 2.05) is 37.3 Å². The number of methoxy groups -OCH3 is 2. The summed E-state index contributed by atoms with van der Waals surface area (Å²) in [6.07, 6.45) is 0.825. The number of rotatable bonds is 10. The third-order valence-corrected chi connectivity index (χ3v) is 7.08. The molecule has 5 rings (SSSR count). The summed E-state index contributed by atoms with van der Waals surface area (Å²) in [6, 6.07) is 16.2. The van der Waals surface area contributed by atoms with Crippen LogP contribution < -0.4 is 58.3 Å². The van der Waals surface area contributed by atoms with E-state index in [1.54, 1.807) is 24.3 Å². The van der Waals surface area contributed by atoms with Crippen LogP contribution in [0.2, 0.25) is 0 Å². The van der Waals surface area contributed by atoms with Crippen LogP contribution in [0.3, 0.4) is 0 Å². The Morgan fingerprint density at radius 1 is 0.875 bits per heavy atom. The van der Waals surface area contributed by atoms with E-state index in [0.29, 0.717) is 40.9 Å². The quantitative estimate of drug-likeness (QED) is 0.259. The van der Waals surface area contributed by atoms with Gasteiger partial charge in [0.25, 0.3) is 0 Å². The van der Waals surface area contributed by atoms with E-state index in [-0.39, 0.29) is 43.0 Å². The number of carbonyl (C=O) groups is 2. The van der Waals surface area contributed by atoms with E-state index in [9.17, 15) is 14.7 Å². The Morgan fingerprint density at radius 3 is 2.35 bits per heavy atom. The molecular formula is C30H29NaO9. The van der Waals surface area contributed by atoms with Gasteiger partial charge in [0.15, 0.2) is 18.1 Å². The zero-order chi connectivity index (χ0) is 27.5. The van der Waals surface area contributed by atoms with Crippen LogP contribution in [0, 0.1) is 5.92 Å². The number of hydrogen-bond donors (Lipinski definition) is 0. The number of aliphatic carboxylic acids is 1. The minimum atomic E-state index is -1.22. The molecule has 9 nitrogen and oxygen atoms in total. The molecule has 0 saturated heterocycles. The van der Waals surface area contributed by atoms with E-state index in [4.69, 9.17) is 28.4 Å². The van der Waals surface area contributed by atoms with E-state index in [0.717, 1.165) is 23.1 Å². The first kappa shape index (κ1) is 29.6. The van der Waals surface area contributed by atoms with Crippen molar-refractivity contribution in [2.75, 3.05) is 34.2 Å². The van der Waals surface area contributed by atoms with Gasteiger partial charge in [-0.05, 0) is 53.4 Å². The largest absolute Gasteiger partial charge is 1.00 e. The second-order valence-corrected chi connectivity index (χ2v) is 9.32. The van der Waals surface area contributed by atoms with Gasteiger partial charge < -0.3 is 38.3 Å². The minimum absolute atomic E-state index is 0. The van der Waals surface area contributed by atoms with Crippen molar-refractivity contribution in [3.05, 3.63) is 76.9 Å². The van der Waals surface area contributed by atoms with Gasteiger partial charge in [-0.25, -0.2) is 4.79 Å². The van der Waals surface area contributed by atoms with Crippen LogP contribution in [0.5, 0.6) is 28.7 Å². The summed E-state index contributed by atoms with van der Waals surface area (Å²) in [5, 5.41) is 12.9. The summed E-state index contributed by atoms with van der Waals surface area (Å²) in [6.45, 7) is 2.30. The zero-order valence-electron chi connectivity index (χ0n) is 22.9. The Balaban J connectivity index is 0.00000370. The molecule has 0 fully saturated rings. The fourth-order valence-electron chi connectivity index (χ4n) is 5.34. The van der Waals surface area contributed by atoms with Gasteiger partial charge in [-0.1, -0.05) is 25.1 Å². The number of esters is 1. The predicted octanol–water partition coefficient (Wildman–Crippen LogP) is 0.412. The number of fused-ring (bicyclic) bond motifs is 2. The van der Waals surface area contributed by atoms with Gasteiger partial charge in [0, 0.05) is 35.4 Å². The molecule has 1 aliphatic heterocycles. The Hall–Kier alpha value is -3.40. The van der Waals surface area contributed by atoms with E-state index < -0.39 is 29.7 Å². The minimum Gasteiger partial charge on any atom is -0.550 e. The number of carbonyl (C=O) groups excluding carboxylic acids is 2. The van der Waals surface area contributed by atoms with Gasteiger partial charge in [-0.15, -0.1) is 0 Å². The smallest absolute Gasteiger partial charge is 0.550 e. The average molecular weight is 557 g/mol. The number of carboxylic acid groups (broad SMARTS) is 1. The molecule has 0 saturated carbocycles. The summed E-state index contributed by atoms with van der Waals surface area (Å²) < 4.78 is 32.9.